The first-order valence-electron chi connectivity index (χ1n) is 6.94. The van der Waals surface area contributed by atoms with Crippen molar-refractivity contribution in [2.75, 3.05) is 0 Å². The highest BCUT2D eigenvalue weighted by atomic mass is 14.4. The second kappa shape index (κ2) is 4.61. The molecule has 0 bridgehead atoms. The van der Waals surface area contributed by atoms with Gasteiger partial charge in [-0.15, -0.1) is 0 Å². The van der Waals surface area contributed by atoms with Gasteiger partial charge in [-0.05, 0) is 53.9 Å². The lowest BCUT2D eigenvalue weighted by atomic mass is 9.99. The average molecular weight is 236 g/mol. The summed E-state index contributed by atoms with van der Waals surface area (Å²) in [6.45, 7) is 4.47. The van der Waals surface area contributed by atoms with Gasteiger partial charge in [0.15, 0.2) is 0 Å². The van der Waals surface area contributed by atoms with E-state index in [-0.39, 0.29) is 0 Å². The van der Waals surface area contributed by atoms with Gasteiger partial charge in [0.1, 0.15) is 0 Å². The minimum absolute atomic E-state index is 0.747. The van der Waals surface area contributed by atoms with Gasteiger partial charge in [0.05, 0.1) is 0 Å². The Bertz CT molecular complexity index is 539. The second-order valence-corrected chi connectivity index (χ2v) is 5.40. The van der Waals surface area contributed by atoms with Crippen molar-refractivity contribution >= 4 is 0 Å². The fraction of sp³-hybridized carbons (Fsp3) is 0.333. The molecule has 0 heteroatoms. The van der Waals surface area contributed by atoms with Crippen molar-refractivity contribution < 1.29 is 0 Å². The van der Waals surface area contributed by atoms with Crippen molar-refractivity contribution in [3.05, 3.63) is 70.8 Å². The second-order valence-electron chi connectivity index (χ2n) is 5.40. The molecule has 0 aromatic heterocycles. The molecule has 2 aromatic rings. The topological polar surface area (TPSA) is 0 Å². The van der Waals surface area contributed by atoms with E-state index in [9.17, 15) is 0 Å². The quantitative estimate of drug-likeness (QED) is 0.716. The van der Waals surface area contributed by atoms with E-state index in [1.165, 1.54) is 28.7 Å². The highest BCUT2D eigenvalue weighted by molar-refractivity contribution is 5.40. The van der Waals surface area contributed by atoms with Gasteiger partial charge in [0, 0.05) is 0 Å². The summed E-state index contributed by atoms with van der Waals surface area (Å²) in [6, 6.07) is 18.0. The number of rotatable bonds is 3. The Morgan fingerprint density at radius 2 is 1.67 bits per heavy atom. The lowest BCUT2D eigenvalue weighted by Crippen LogP contribution is -1.90. The number of aryl methyl sites for hydroxylation is 2. The van der Waals surface area contributed by atoms with Gasteiger partial charge in [-0.3, -0.25) is 0 Å². The molecule has 1 aliphatic rings. The van der Waals surface area contributed by atoms with Crippen molar-refractivity contribution in [2.45, 2.75) is 38.5 Å². The highest BCUT2D eigenvalue weighted by Crippen LogP contribution is 2.54. The molecule has 3 rings (SSSR count). The fourth-order valence-electron chi connectivity index (χ4n) is 2.98. The summed E-state index contributed by atoms with van der Waals surface area (Å²) >= 11 is 0. The van der Waals surface area contributed by atoms with E-state index in [0.29, 0.717) is 0 Å². The molecule has 0 spiro atoms. The van der Waals surface area contributed by atoms with Crippen LogP contribution in [0.1, 0.15) is 47.4 Å². The molecular weight excluding hydrogens is 216 g/mol. The minimum atomic E-state index is 0.747. The van der Waals surface area contributed by atoms with E-state index in [1.807, 2.05) is 0 Å². The van der Waals surface area contributed by atoms with E-state index in [2.05, 4.69) is 62.4 Å². The molecule has 18 heavy (non-hydrogen) atoms. The molecule has 1 fully saturated rings. The van der Waals surface area contributed by atoms with Gasteiger partial charge in [0.2, 0.25) is 0 Å². The lowest BCUT2D eigenvalue weighted by molar-refractivity contribution is 1.01. The Morgan fingerprint density at radius 1 is 0.944 bits per heavy atom. The van der Waals surface area contributed by atoms with Crippen molar-refractivity contribution in [2.24, 2.45) is 0 Å². The third kappa shape index (κ3) is 2.08. The molecular formula is C18H20. The Kier molecular flexibility index (Phi) is 2.95. The van der Waals surface area contributed by atoms with Gasteiger partial charge in [0.25, 0.3) is 0 Å². The van der Waals surface area contributed by atoms with Gasteiger partial charge in [-0.1, -0.05) is 55.5 Å². The van der Waals surface area contributed by atoms with Crippen LogP contribution in [0.4, 0.5) is 0 Å². The summed E-state index contributed by atoms with van der Waals surface area (Å²) in [5, 5.41) is 0. The molecule has 0 radical (unpaired) electrons. The summed E-state index contributed by atoms with van der Waals surface area (Å²) in [4.78, 5) is 0. The van der Waals surface area contributed by atoms with Gasteiger partial charge in [-0.25, -0.2) is 0 Å². The van der Waals surface area contributed by atoms with Crippen LogP contribution in [0.25, 0.3) is 0 Å². The van der Waals surface area contributed by atoms with Crippen LogP contribution in [-0.2, 0) is 6.42 Å². The summed E-state index contributed by atoms with van der Waals surface area (Å²) in [5.74, 6) is 1.50. The van der Waals surface area contributed by atoms with Crippen LogP contribution in [0, 0.1) is 6.92 Å². The third-order valence-corrected chi connectivity index (χ3v) is 4.19. The largest absolute Gasteiger partial charge is 0.0622 e. The zero-order valence-corrected chi connectivity index (χ0v) is 11.2. The number of hydrogen-bond acceptors (Lipinski definition) is 0. The number of benzene rings is 2. The zero-order valence-electron chi connectivity index (χ0n) is 11.2. The molecule has 0 heterocycles. The van der Waals surface area contributed by atoms with Crippen molar-refractivity contribution in [3.8, 4) is 0 Å². The molecule has 2 atom stereocenters. The summed E-state index contributed by atoms with van der Waals surface area (Å²) < 4.78 is 0. The standard InChI is InChI=1S/C18H20/c1-3-14-9-10-16(11-13(14)2)18-12-17(18)15-7-5-4-6-8-15/h4-11,17-18H,3,12H2,1-2H3. The number of hydrogen-bond donors (Lipinski definition) is 0. The third-order valence-electron chi connectivity index (χ3n) is 4.19. The molecule has 0 N–H and O–H groups in total. The van der Waals surface area contributed by atoms with Crippen LogP contribution in [0.3, 0.4) is 0 Å². The normalized spacial score (nSPS) is 21.9. The first kappa shape index (κ1) is 11.5. The maximum atomic E-state index is 2.40. The van der Waals surface area contributed by atoms with Gasteiger partial charge < -0.3 is 0 Å². The van der Waals surface area contributed by atoms with E-state index in [4.69, 9.17) is 0 Å². The summed E-state index contributed by atoms with van der Waals surface area (Å²) in [7, 11) is 0. The average Bonchev–Trinajstić information content (AvgIpc) is 3.20. The molecule has 2 unspecified atom stereocenters. The van der Waals surface area contributed by atoms with Gasteiger partial charge in [-0.2, -0.15) is 0 Å². The molecule has 0 nitrogen and oxygen atoms in total. The van der Waals surface area contributed by atoms with Crippen LogP contribution >= 0.6 is 0 Å². The fourth-order valence-corrected chi connectivity index (χ4v) is 2.98. The van der Waals surface area contributed by atoms with Crippen LogP contribution in [-0.4, -0.2) is 0 Å². The Morgan fingerprint density at radius 3 is 2.33 bits per heavy atom. The van der Waals surface area contributed by atoms with Crippen LogP contribution in [0.15, 0.2) is 48.5 Å². The molecule has 0 amide bonds. The smallest absolute Gasteiger partial charge is 0.00867 e. The van der Waals surface area contributed by atoms with Crippen LogP contribution < -0.4 is 0 Å². The Labute approximate surface area is 110 Å². The first-order valence-corrected chi connectivity index (χ1v) is 6.94. The Balaban J connectivity index is 1.80. The van der Waals surface area contributed by atoms with Crippen LogP contribution in [0.2, 0.25) is 0 Å². The van der Waals surface area contributed by atoms with Crippen molar-refractivity contribution in [1.82, 2.24) is 0 Å². The molecule has 0 saturated heterocycles. The van der Waals surface area contributed by atoms with Crippen molar-refractivity contribution in [3.63, 3.8) is 0 Å². The van der Waals surface area contributed by atoms with E-state index in [1.54, 1.807) is 0 Å². The first-order chi connectivity index (χ1) is 8.79. The molecule has 2 aromatic carbocycles. The Hall–Kier alpha value is -1.56. The highest BCUT2D eigenvalue weighted by Gasteiger charge is 2.39. The molecule has 1 saturated carbocycles. The predicted molar refractivity (Wildman–Crippen MR) is 77.1 cm³/mol. The lowest BCUT2D eigenvalue weighted by Gasteiger charge is -2.07. The SMILES string of the molecule is CCc1ccc(C2CC2c2ccccc2)cc1C. The summed E-state index contributed by atoms with van der Waals surface area (Å²) in [6.07, 6.45) is 2.45. The summed E-state index contributed by atoms with van der Waals surface area (Å²) in [5.41, 5.74) is 5.96. The maximum absolute atomic E-state index is 2.40. The maximum Gasteiger partial charge on any atom is -0.00867 e. The van der Waals surface area contributed by atoms with E-state index < -0.39 is 0 Å². The van der Waals surface area contributed by atoms with E-state index >= 15 is 0 Å². The van der Waals surface area contributed by atoms with Crippen LogP contribution in [0.5, 0.6) is 0 Å². The van der Waals surface area contributed by atoms with Crippen molar-refractivity contribution in [1.29, 1.82) is 0 Å². The van der Waals surface area contributed by atoms with Gasteiger partial charge >= 0.3 is 0 Å². The molecule has 92 valence electrons. The molecule has 1 aliphatic carbocycles. The molecule has 0 aliphatic heterocycles. The minimum Gasteiger partial charge on any atom is -0.0622 e. The van der Waals surface area contributed by atoms with E-state index in [0.717, 1.165) is 18.3 Å². The monoisotopic (exact) mass is 236 g/mol. The zero-order chi connectivity index (χ0) is 12.5. The predicted octanol–water partition coefficient (Wildman–Crippen LogP) is 4.83.